The highest BCUT2D eigenvalue weighted by atomic mass is 19.1. The summed E-state index contributed by atoms with van der Waals surface area (Å²) in [6.45, 7) is 1.95. The SMILES string of the molecule is Cc1ccc(-n2nnc3c4c(cc(F)c32)c(=O)c(C(=O)O)cn4C2CC2)cc1. The van der Waals surface area contributed by atoms with E-state index >= 15 is 4.39 Å². The van der Waals surface area contributed by atoms with Gasteiger partial charge < -0.3 is 9.67 Å². The normalized spacial score (nSPS) is 14.1. The summed E-state index contributed by atoms with van der Waals surface area (Å²) in [4.78, 5) is 24.1. The first-order valence-electron chi connectivity index (χ1n) is 8.89. The van der Waals surface area contributed by atoms with Gasteiger partial charge in [0, 0.05) is 12.2 Å². The maximum absolute atomic E-state index is 15.0. The molecule has 140 valence electrons. The quantitative estimate of drug-likeness (QED) is 0.591. The van der Waals surface area contributed by atoms with Crippen molar-refractivity contribution in [2.24, 2.45) is 0 Å². The van der Waals surface area contributed by atoms with Crippen LogP contribution in [0.2, 0.25) is 0 Å². The molecule has 0 radical (unpaired) electrons. The highest BCUT2D eigenvalue weighted by molar-refractivity contribution is 6.04. The molecule has 0 saturated heterocycles. The summed E-state index contributed by atoms with van der Waals surface area (Å²) in [5.41, 5.74) is 1.45. The Labute approximate surface area is 157 Å². The predicted molar refractivity (Wildman–Crippen MR) is 101 cm³/mol. The van der Waals surface area contributed by atoms with Gasteiger partial charge in [-0.1, -0.05) is 22.9 Å². The van der Waals surface area contributed by atoms with E-state index in [1.807, 2.05) is 31.2 Å². The molecule has 0 aliphatic heterocycles. The number of benzene rings is 2. The third-order valence-electron chi connectivity index (χ3n) is 5.11. The van der Waals surface area contributed by atoms with Crippen molar-refractivity contribution >= 4 is 27.9 Å². The predicted octanol–water partition coefficient (Wildman–Crippen LogP) is 3.22. The molecule has 2 aromatic carbocycles. The first-order chi connectivity index (χ1) is 13.5. The van der Waals surface area contributed by atoms with Crippen molar-refractivity contribution in [3.05, 3.63) is 63.7 Å². The van der Waals surface area contributed by atoms with E-state index in [1.165, 1.54) is 10.9 Å². The van der Waals surface area contributed by atoms with E-state index in [9.17, 15) is 14.7 Å². The van der Waals surface area contributed by atoms with Crippen LogP contribution < -0.4 is 5.43 Å². The molecule has 5 rings (SSSR count). The van der Waals surface area contributed by atoms with Crippen molar-refractivity contribution < 1.29 is 14.3 Å². The molecule has 0 bridgehead atoms. The number of rotatable bonds is 3. The molecule has 28 heavy (non-hydrogen) atoms. The first kappa shape index (κ1) is 16.6. The molecule has 1 aliphatic rings. The number of fused-ring (bicyclic) bond motifs is 3. The van der Waals surface area contributed by atoms with E-state index in [2.05, 4.69) is 10.3 Å². The Morgan fingerprint density at radius 2 is 1.93 bits per heavy atom. The highest BCUT2D eigenvalue weighted by Gasteiger charge is 2.29. The van der Waals surface area contributed by atoms with Crippen LogP contribution in [0, 0.1) is 12.7 Å². The summed E-state index contributed by atoms with van der Waals surface area (Å²) in [6, 6.07) is 8.57. The van der Waals surface area contributed by atoms with E-state index in [0.717, 1.165) is 24.5 Å². The van der Waals surface area contributed by atoms with Crippen molar-refractivity contribution in [2.75, 3.05) is 0 Å². The smallest absolute Gasteiger partial charge is 0.341 e. The van der Waals surface area contributed by atoms with E-state index in [1.54, 1.807) is 4.57 Å². The van der Waals surface area contributed by atoms with Crippen LogP contribution in [-0.4, -0.2) is 30.6 Å². The zero-order valence-corrected chi connectivity index (χ0v) is 14.9. The van der Waals surface area contributed by atoms with Gasteiger partial charge in [0.05, 0.1) is 16.6 Å². The van der Waals surface area contributed by atoms with E-state index < -0.39 is 17.2 Å². The summed E-state index contributed by atoms with van der Waals surface area (Å²) >= 11 is 0. The second-order valence-corrected chi connectivity index (χ2v) is 7.10. The fourth-order valence-electron chi connectivity index (χ4n) is 3.55. The molecule has 0 amide bonds. The Kier molecular flexibility index (Phi) is 3.39. The number of carboxylic acid groups (broad SMARTS) is 1. The average Bonchev–Trinajstić information content (AvgIpc) is 3.41. The van der Waals surface area contributed by atoms with E-state index in [0.29, 0.717) is 11.2 Å². The maximum atomic E-state index is 15.0. The fraction of sp³-hybridized carbons (Fsp3) is 0.200. The second-order valence-electron chi connectivity index (χ2n) is 7.10. The van der Waals surface area contributed by atoms with Crippen LogP contribution in [0.1, 0.15) is 34.8 Å². The first-order valence-corrected chi connectivity index (χ1v) is 8.89. The largest absolute Gasteiger partial charge is 0.477 e. The third-order valence-corrected chi connectivity index (χ3v) is 5.11. The fourth-order valence-corrected chi connectivity index (χ4v) is 3.55. The van der Waals surface area contributed by atoms with Gasteiger partial charge in [-0.25, -0.2) is 13.9 Å². The molecule has 1 aliphatic carbocycles. The minimum Gasteiger partial charge on any atom is -0.477 e. The number of aromatic carboxylic acids is 1. The lowest BCUT2D eigenvalue weighted by Crippen LogP contribution is -2.19. The van der Waals surface area contributed by atoms with Gasteiger partial charge in [-0.15, -0.1) is 5.10 Å². The lowest BCUT2D eigenvalue weighted by Gasteiger charge is -2.12. The second kappa shape index (κ2) is 5.72. The summed E-state index contributed by atoms with van der Waals surface area (Å²) < 4.78 is 18.2. The Morgan fingerprint density at radius 3 is 2.57 bits per heavy atom. The van der Waals surface area contributed by atoms with Crippen LogP contribution in [0.25, 0.3) is 27.6 Å². The Morgan fingerprint density at radius 1 is 1.21 bits per heavy atom. The zero-order chi connectivity index (χ0) is 19.6. The molecule has 1 saturated carbocycles. The molecule has 2 aromatic heterocycles. The van der Waals surface area contributed by atoms with Gasteiger partial charge >= 0.3 is 5.97 Å². The number of carbonyl (C=O) groups is 1. The number of hydrogen-bond acceptors (Lipinski definition) is 4. The van der Waals surface area contributed by atoms with Gasteiger partial charge in [-0.05, 0) is 38.0 Å². The van der Waals surface area contributed by atoms with Crippen molar-refractivity contribution in [2.45, 2.75) is 25.8 Å². The average molecular weight is 378 g/mol. The minimum absolute atomic E-state index is 0.00718. The summed E-state index contributed by atoms with van der Waals surface area (Å²) in [5.74, 6) is -2.00. The van der Waals surface area contributed by atoms with Crippen molar-refractivity contribution in [3.63, 3.8) is 0 Å². The minimum atomic E-state index is -1.33. The summed E-state index contributed by atoms with van der Waals surface area (Å²) in [6.07, 6.45) is 3.07. The third kappa shape index (κ3) is 2.34. The van der Waals surface area contributed by atoms with Crippen molar-refractivity contribution in [1.29, 1.82) is 0 Å². The highest BCUT2D eigenvalue weighted by Crippen LogP contribution is 2.39. The molecule has 8 heteroatoms. The van der Waals surface area contributed by atoms with Gasteiger partial charge in [-0.2, -0.15) is 0 Å². The molecule has 1 N–H and O–H groups in total. The monoisotopic (exact) mass is 378 g/mol. The maximum Gasteiger partial charge on any atom is 0.341 e. The van der Waals surface area contributed by atoms with E-state index in [-0.39, 0.29) is 28.0 Å². The van der Waals surface area contributed by atoms with Crippen LogP contribution in [0.5, 0.6) is 0 Å². The molecule has 7 nitrogen and oxygen atoms in total. The topological polar surface area (TPSA) is 90.0 Å². The Bertz CT molecular complexity index is 1330. The molecular formula is C20H15FN4O3. The van der Waals surface area contributed by atoms with Crippen LogP contribution in [-0.2, 0) is 0 Å². The van der Waals surface area contributed by atoms with Crippen molar-refractivity contribution in [1.82, 2.24) is 19.6 Å². The number of pyridine rings is 1. The standard InChI is InChI=1S/C20H15FN4O3/c1-10-2-4-12(5-3-10)25-18-15(21)8-13-17(16(18)22-23-25)24(11-6-7-11)9-14(19(13)26)20(27)28/h2-5,8-9,11H,6-7H2,1H3,(H,27,28). The van der Waals surface area contributed by atoms with E-state index in [4.69, 9.17) is 0 Å². The molecule has 0 unspecified atom stereocenters. The van der Waals surface area contributed by atoms with Crippen LogP contribution >= 0.6 is 0 Å². The van der Waals surface area contributed by atoms with Gasteiger partial charge in [0.25, 0.3) is 0 Å². The lowest BCUT2D eigenvalue weighted by molar-refractivity contribution is 0.0695. The number of aromatic nitrogens is 4. The number of carboxylic acids is 1. The Hall–Kier alpha value is -3.55. The van der Waals surface area contributed by atoms with Crippen LogP contribution in [0.3, 0.4) is 0 Å². The summed E-state index contributed by atoms with van der Waals surface area (Å²) in [5, 5.41) is 17.6. The Balaban J connectivity index is 1.90. The number of aryl methyl sites for hydroxylation is 1. The zero-order valence-electron chi connectivity index (χ0n) is 14.9. The molecular weight excluding hydrogens is 363 g/mol. The van der Waals surface area contributed by atoms with Gasteiger partial charge in [0.15, 0.2) is 5.82 Å². The number of hydrogen-bond donors (Lipinski definition) is 1. The number of halogens is 1. The van der Waals surface area contributed by atoms with Crippen LogP contribution in [0.4, 0.5) is 4.39 Å². The van der Waals surface area contributed by atoms with Crippen molar-refractivity contribution in [3.8, 4) is 5.69 Å². The molecule has 1 fully saturated rings. The molecule has 0 atom stereocenters. The molecule has 0 spiro atoms. The molecule has 2 heterocycles. The molecule has 4 aromatic rings. The number of nitrogens with zero attached hydrogens (tertiary/aromatic N) is 4. The van der Waals surface area contributed by atoms with Gasteiger partial charge in [0.1, 0.15) is 16.6 Å². The van der Waals surface area contributed by atoms with Crippen LogP contribution in [0.15, 0.2) is 41.3 Å². The van der Waals surface area contributed by atoms with Gasteiger partial charge in [-0.3, -0.25) is 4.79 Å². The lowest BCUT2D eigenvalue weighted by atomic mass is 10.1. The van der Waals surface area contributed by atoms with Gasteiger partial charge in [0.2, 0.25) is 5.43 Å². The summed E-state index contributed by atoms with van der Waals surface area (Å²) in [7, 11) is 0.